The number of aldehydes is 1. The lowest BCUT2D eigenvalue weighted by Gasteiger charge is -2.18. The van der Waals surface area contributed by atoms with E-state index in [-0.39, 0.29) is 41.8 Å². The van der Waals surface area contributed by atoms with Crippen molar-refractivity contribution in [2.24, 2.45) is 0 Å². The van der Waals surface area contributed by atoms with Gasteiger partial charge in [0.1, 0.15) is 6.29 Å². The number of aliphatic hydroxyl groups is 1. The van der Waals surface area contributed by atoms with Crippen molar-refractivity contribution in [2.45, 2.75) is 6.92 Å². The minimum Gasteiger partial charge on any atom is -0.493 e. The van der Waals surface area contributed by atoms with Crippen molar-refractivity contribution in [3.63, 3.8) is 0 Å². The molecule has 0 fully saturated rings. The lowest BCUT2D eigenvalue weighted by Crippen LogP contribution is -2.21. The summed E-state index contributed by atoms with van der Waals surface area (Å²) in [7, 11) is 3.20. The molecule has 0 heterocycles. The third-order valence-electron chi connectivity index (χ3n) is 4.07. The average Bonchev–Trinajstić information content (AvgIpc) is 2.72. The van der Waals surface area contributed by atoms with Crippen molar-refractivity contribution < 1.29 is 33.7 Å². The number of carbonyl (C=O) groups is 3. The number of carbonyl (C=O) groups excluding carboxylic acids is 3. The molecule has 0 saturated heterocycles. The number of aliphatic hydroxyl groups excluding tert-OH is 1. The van der Waals surface area contributed by atoms with Gasteiger partial charge in [0.15, 0.2) is 23.9 Å². The minimum atomic E-state index is -0.596. The molecule has 0 aliphatic heterocycles. The molecule has 0 aromatic heterocycles. The first kappa shape index (κ1) is 21.9. The highest BCUT2D eigenvalue weighted by molar-refractivity contribution is 5.97. The van der Waals surface area contributed by atoms with Gasteiger partial charge >= 0.3 is 5.97 Å². The topological polar surface area (TPSA) is 102 Å². The fourth-order valence-electron chi connectivity index (χ4n) is 2.58. The fraction of sp³-hybridized carbons (Fsp3) is 0.286. The second kappa shape index (κ2) is 10.2. The molecule has 0 amide bonds. The van der Waals surface area contributed by atoms with E-state index in [1.54, 1.807) is 24.3 Å². The molecule has 8 nitrogen and oxygen atoms in total. The largest absolute Gasteiger partial charge is 0.493 e. The summed E-state index contributed by atoms with van der Waals surface area (Å²) in [6.07, 6.45) is 0.594. The number of nitrogens with zero attached hydrogens (tertiary/aromatic N) is 1. The van der Waals surface area contributed by atoms with Crippen LogP contribution in [0.3, 0.4) is 0 Å². The highest BCUT2D eigenvalue weighted by Gasteiger charge is 2.18. The lowest BCUT2D eigenvalue weighted by molar-refractivity contribution is -0.132. The van der Waals surface area contributed by atoms with Gasteiger partial charge in [-0.15, -0.1) is 0 Å². The summed E-state index contributed by atoms with van der Waals surface area (Å²) in [5.41, 5.74) is 1.53. The number of likely N-dealkylation sites (N-methyl/N-ethyl adjacent to an activating group) is 1. The Morgan fingerprint density at radius 1 is 1.14 bits per heavy atom. The fourth-order valence-corrected chi connectivity index (χ4v) is 2.58. The van der Waals surface area contributed by atoms with Crippen LogP contribution in [0.4, 0.5) is 5.69 Å². The van der Waals surface area contributed by atoms with E-state index in [1.807, 2.05) is 11.9 Å². The van der Waals surface area contributed by atoms with Gasteiger partial charge in [0.05, 0.1) is 13.7 Å². The molecular weight excluding hydrogens is 378 g/mol. The van der Waals surface area contributed by atoms with E-state index in [0.29, 0.717) is 18.4 Å². The Bertz CT molecular complexity index is 877. The Morgan fingerprint density at radius 3 is 2.34 bits per heavy atom. The Morgan fingerprint density at radius 2 is 1.79 bits per heavy atom. The third-order valence-corrected chi connectivity index (χ3v) is 4.07. The van der Waals surface area contributed by atoms with Crippen molar-refractivity contribution in [3.05, 3.63) is 47.5 Å². The molecule has 0 aliphatic carbocycles. The van der Waals surface area contributed by atoms with Gasteiger partial charge in [-0.3, -0.25) is 14.4 Å². The number of Topliss-reactive ketones (excluding diaryl/α,β-unsaturated/α-hetero) is 1. The first-order valence-corrected chi connectivity index (χ1v) is 8.83. The van der Waals surface area contributed by atoms with Gasteiger partial charge in [0.2, 0.25) is 5.75 Å². The van der Waals surface area contributed by atoms with Crippen LogP contribution >= 0.6 is 0 Å². The average molecular weight is 401 g/mol. The van der Waals surface area contributed by atoms with Gasteiger partial charge in [-0.2, -0.15) is 0 Å². The van der Waals surface area contributed by atoms with Crippen LogP contribution in [0.5, 0.6) is 17.2 Å². The van der Waals surface area contributed by atoms with Crippen molar-refractivity contribution in [2.75, 3.05) is 38.8 Å². The zero-order valence-electron chi connectivity index (χ0n) is 16.5. The monoisotopic (exact) mass is 401 g/mol. The number of rotatable bonds is 10. The van der Waals surface area contributed by atoms with Crippen molar-refractivity contribution in [3.8, 4) is 17.2 Å². The van der Waals surface area contributed by atoms with E-state index in [0.717, 1.165) is 5.69 Å². The summed E-state index contributed by atoms with van der Waals surface area (Å²) < 4.78 is 15.8. The molecular formula is C21H23NO7. The quantitative estimate of drug-likeness (QED) is 0.280. The normalized spacial score (nSPS) is 10.2. The van der Waals surface area contributed by atoms with E-state index in [2.05, 4.69) is 0 Å². The molecule has 2 rings (SSSR count). The number of hydrogen-bond donors (Lipinski definition) is 1. The Kier molecular flexibility index (Phi) is 7.73. The molecule has 0 radical (unpaired) electrons. The maximum atomic E-state index is 12.5. The molecule has 0 spiro atoms. The lowest BCUT2D eigenvalue weighted by atomic mass is 10.1. The maximum Gasteiger partial charge on any atom is 0.308 e. The highest BCUT2D eigenvalue weighted by atomic mass is 16.6. The van der Waals surface area contributed by atoms with E-state index < -0.39 is 5.97 Å². The minimum absolute atomic E-state index is 0.000578. The first-order valence-electron chi connectivity index (χ1n) is 8.83. The van der Waals surface area contributed by atoms with Crippen molar-refractivity contribution in [1.82, 2.24) is 0 Å². The zero-order valence-corrected chi connectivity index (χ0v) is 16.5. The standard InChI is InChI=1S/C21H23NO7/c1-14(25)29-21-19(27-3)10-15(12-24)11-20(21)28-13-18(26)16-4-6-17(7-5-16)22(2)8-9-23/h4-7,10-12,23H,8-9,13H2,1-3H3. The first-order chi connectivity index (χ1) is 13.9. The van der Waals surface area contributed by atoms with Crippen LogP contribution in [0, 0.1) is 0 Å². The van der Waals surface area contributed by atoms with Crippen molar-refractivity contribution in [1.29, 1.82) is 0 Å². The van der Waals surface area contributed by atoms with Gasteiger partial charge < -0.3 is 24.2 Å². The molecule has 154 valence electrons. The second-order valence-electron chi connectivity index (χ2n) is 6.17. The number of ether oxygens (including phenoxy) is 3. The zero-order chi connectivity index (χ0) is 21.4. The number of benzene rings is 2. The summed E-state index contributed by atoms with van der Waals surface area (Å²) >= 11 is 0. The third kappa shape index (κ3) is 5.79. The van der Waals surface area contributed by atoms with E-state index >= 15 is 0 Å². The molecule has 29 heavy (non-hydrogen) atoms. The predicted molar refractivity (Wildman–Crippen MR) is 106 cm³/mol. The van der Waals surface area contributed by atoms with Gasteiger partial charge in [-0.1, -0.05) is 0 Å². The predicted octanol–water partition coefficient (Wildman–Crippen LogP) is 2.12. The maximum absolute atomic E-state index is 12.5. The number of hydrogen-bond acceptors (Lipinski definition) is 8. The molecule has 2 aromatic rings. The second-order valence-corrected chi connectivity index (χ2v) is 6.17. The smallest absolute Gasteiger partial charge is 0.308 e. The summed E-state index contributed by atoms with van der Waals surface area (Å²) in [6, 6.07) is 9.62. The van der Waals surface area contributed by atoms with E-state index in [1.165, 1.54) is 26.2 Å². The number of anilines is 1. The molecule has 0 unspecified atom stereocenters. The summed E-state index contributed by atoms with van der Waals surface area (Å²) in [4.78, 5) is 36.9. The van der Waals surface area contributed by atoms with Crippen LogP contribution in [0.25, 0.3) is 0 Å². The summed E-state index contributed by atoms with van der Waals surface area (Å²) in [6.45, 7) is 1.40. The molecule has 0 bridgehead atoms. The molecule has 0 atom stereocenters. The van der Waals surface area contributed by atoms with E-state index in [4.69, 9.17) is 19.3 Å². The summed E-state index contributed by atoms with van der Waals surface area (Å²) in [5.74, 6) is -0.705. The SMILES string of the molecule is COc1cc(C=O)cc(OCC(=O)c2ccc(N(C)CCO)cc2)c1OC(C)=O. The van der Waals surface area contributed by atoms with Crippen LogP contribution in [0.2, 0.25) is 0 Å². The van der Waals surface area contributed by atoms with Crippen molar-refractivity contribution >= 4 is 23.7 Å². The van der Waals surface area contributed by atoms with Crippen LogP contribution in [0.15, 0.2) is 36.4 Å². The molecule has 0 aliphatic rings. The Balaban J connectivity index is 2.18. The Hall–Kier alpha value is -3.39. The number of ketones is 1. The number of esters is 1. The van der Waals surface area contributed by atoms with Gasteiger partial charge in [-0.25, -0.2) is 0 Å². The van der Waals surface area contributed by atoms with Gasteiger partial charge in [0.25, 0.3) is 0 Å². The molecule has 2 aromatic carbocycles. The van der Waals surface area contributed by atoms with Gasteiger partial charge in [0, 0.05) is 37.3 Å². The molecule has 8 heteroatoms. The van der Waals surface area contributed by atoms with Crippen LogP contribution in [-0.2, 0) is 4.79 Å². The molecule has 0 saturated carbocycles. The summed E-state index contributed by atoms with van der Waals surface area (Å²) in [5, 5.41) is 9.00. The van der Waals surface area contributed by atoms with Gasteiger partial charge in [-0.05, 0) is 36.4 Å². The Labute approximate surface area is 168 Å². The van der Waals surface area contributed by atoms with Crippen LogP contribution in [0.1, 0.15) is 27.6 Å². The molecule has 1 N–H and O–H groups in total. The van der Waals surface area contributed by atoms with E-state index in [9.17, 15) is 14.4 Å². The number of methoxy groups -OCH3 is 1. The van der Waals surface area contributed by atoms with Crippen LogP contribution in [-0.4, -0.2) is 57.1 Å². The van der Waals surface area contributed by atoms with Crippen LogP contribution < -0.4 is 19.1 Å². The highest BCUT2D eigenvalue weighted by Crippen LogP contribution is 2.38.